The maximum absolute atomic E-state index is 12.4. The monoisotopic (exact) mass is 414 g/mol. The summed E-state index contributed by atoms with van der Waals surface area (Å²) in [5.41, 5.74) is 0. The fourth-order valence-electron chi connectivity index (χ4n) is 3.06. The molecule has 3 heterocycles. The third-order valence-corrected chi connectivity index (χ3v) is 5.98. The Morgan fingerprint density at radius 2 is 2.12 bits per heavy atom. The van der Waals surface area contributed by atoms with Crippen LogP contribution in [0, 0.1) is 0 Å². The van der Waals surface area contributed by atoms with E-state index in [0.717, 1.165) is 55.3 Å². The van der Waals surface area contributed by atoms with E-state index in [2.05, 4.69) is 43.3 Å². The normalized spacial score (nSPS) is 22.1. The van der Waals surface area contributed by atoms with E-state index in [9.17, 15) is 4.79 Å². The zero-order chi connectivity index (χ0) is 16.9. The van der Waals surface area contributed by atoms with E-state index in [0.29, 0.717) is 6.61 Å². The van der Waals surface area contributed by atoms with E-state index in [4.69, 9.17) is 4.74 Å². The molecule has 3 rings (SSSR count). The summed E-state index contributed by atoms with van der Waals surface area (Å²) < 4.78 is 6.64. The van der Waals surface area contributed by atoms with Crippen LogP contribution < -0.4 is 5.32 Å². The van der Waals surface area contributed by atoms with Crippen molar-refractivity contribution >= 4 is 39.1 Å². The quantitative estimate of drug-likeness (QED) is 0.606. The first-order chi connectivity index (χ1) is 11.7. The number of carbonyl (C=O) groups excluding carboxylic acids is 1. The molecule has 1 aromatic rings. The fourth-order valence-corrected chi connectivity index (χ4v) is 4.48. The minimum Gasteiger partial charge on any atom is -0.368 e. The Hall–Kier alpha value is -1.12. The number of halogens is 1. The number of piperazine rings is 1. The molecule has 0 aliphatic carbocycles. The van der Waals surface area contributed by atoms with Crippen molar-refractivity contribution in [2.75, 3.05) is 39.8 Å². The van der Waals surface area contributed by atoms with Gasteiger partial charge in [-0.3, -0.25) is 9.79 Å². The zero-order valence-electron chi connectivity index (χ0n) is 13.8. The standard InChI is InChI=1S/C16H23BrN4O2S/c1-18-16(19-11-12-4-5-14(17)24-12)21-8-6-20(7-9-21)15(22)13-3-2-10-23-13/h4-5,13H,2-3,6-11H2,1H3,(H,18,19). The van der Waals surface area contributed by atoms with Crippen molar-refractivity contribution in [3.8, 4) is 0 Å². The number of nitrogens with one attached hydrogen (secondary N) is 1. The van der Waals surface area contributed by atoms with Gasteiger partial charge in [-0.25, -0.2) is 0 Å². The Morgan fingerprint density at radius 1 is 1.38 bits per heavy atom. The molecule has 2 aliphatic rings. The lowest BCUT2D eigenvalue weighted by atomic mass is 10.2. The van der Waals surface area contributed by atoms with Gasteiger partial charge < -0.3 is 19.9 Å². The van der Waals surface area contributed by atoms with Gasteiger partial charge in [-0.05, 0) is 40.9 Å². The fraction of sp³-hybridized carbons (Fsp3) is 0.625. The van der Waals surface area contributed by atoms with Crippen molar-refractivity contribution in [3.63, 3.8) is 0 Å². The van der Waals surface area contributed by atoms with E-state index in [-0.39, 0.29) is 12.0 Å². The molecule has 0 spiro atoms. The lowest BCUT2D eigenvalue weighted by Gasteiger charge is -2.37. The van der Waals surface area contributed by atoms with Gasteiger partial charge in [-0.1, -0.05) is 0 Å². The highest BCUT2D eigenvalue weighted by Crippen LogP contribution is 2.22. The van der Waals surface area contributed by atoms with Crippen LogP contribution >= 0.6 is 27.3 Å². The lowest BCUT2D eigenvalue weighted by Crippen LogP contribution is -2.55. The van der Waals surface area contributed by atoms with Gasteiger partial charge in [0.2, 0.25) is 0 Å². The largest absolute Gasteiger partial charge is 0.368 e. The van der Waals surface area contributed by atoms with Crippen LogP contribution in [0.2, 0.25) is 0 Å². The molecule has 1 N–H and O–H groups in total. The van der Waals surface area contributed by atoms with E-state index >= 15 is 0 Å². The molecule has 0 bridgehead atoms. The third kappa shape index (κ3) is 4.29. The second-order valence-corrected chi connectivity index (χ2v) is 8.47. The molecule has 1 unspecified atom stereocenters. The molecular formula is C16H23BrN4O2S. The highest BCUT2D eigenvalue weighted by Gasteiger charge is 2.30. The molecule has 1 amide bonds. The van der Waals surface area contributed by atoms with Gasteiger partial charge in [0.05, 0.1) is 10.3 Å². The van der Waals surface area contributed by atoms with Gasteiger partial charge in [-0.2, -0.15) is 0 Å². The van der Waals surface area contributed by atoms with Gasteiger partial charge in [0, 0.05) is 44.7 Å². The Kier molecular flexibility index (Phi) is 6.13. The summed E-state index contributed by atoms with van der Waals surface area (Å²) in [6, 6.07) is 4.16. The molecule has 0 saturated carbocycles. The van der Waals surface area contributed by atoms with E-state index in [1.54, 1.807) is 18.4 Å². The summed E-state index contributed by atoms with van der Waals surface area (Å²) in [6.07, 6.45) is 1.64. The average Bonchev–Trinajstić information content (AvgIpc) is 3.27. The average molecular weight is 415 g/mol. The van der Waals surface area contributed by atoms with Crippen molar-refractivity contribution in [2.45, 2.75) is 25.5 Å². The van der Waals surface area contributed by atoms with Crippen LogP contribution in [-0.2, 0) is 16.1 Å². The molecule has 0 aromatic carbocycles. The first-order valence-electron chi connectivity index (χ1n) is 8.27. The van der Waals surface area contributed by atoms with Crippen LogP contribution in [0.3, 0.4) is 0 Å². The lowest BCUT2D eigenvalue weighted by molar-refractivity contribution is -0.142. The molecule has 2 fully saturated rings. The first kappa shape index (κ1) is 17.7. The van der Waals surface area contributed by atoms with Crippen molar-refractivity contribution < 1.29 is 9.53 Å². The molecule has 132 valence electrons. The van der Waals surface area contributed by atoms with Gasteiger partial charge in [-0.15, -0.1) is 11.3 Å². The van der Waals surface area contributed by atoms with Crippen LogP contribution in [0.25, 0.3) is 0 Å². The molecule has 0 radical (unpaired) electrons. The molecular weight excluding hydrogens is 392 g/mol. The van der Waals surface area contributed by atoms with Gasteiger partial charge >= 0.3 is 0 Å². The predicted octanol–water partition coefficient (Wildman–Crippen LogP) is 1.91. The third-order valence-electron chi connectivity index (χ3n) is 4.36. The summed E-state index contributed by atoms with van der Waals surface area (Å²) in [4.78, 5) is 22.2. The maximum Gasteiger partial charge on any atom is 0.251 e. The number of hydrogen-bond acceptors (Lipinski definition) is 4. The van der Waals surface area contributed by atoms with Crippen molar-refractivity contribution in [1.82, 2.24) is 15.1 Å². The van der Waals surface area contributed by atoms with Crippen molar-refractivity contribution in [3.05, 3.63) is 20.8 Å². The van der Waals surface area contributed by atoms with Gasteiger partial charge in [0.1, 0.15) is 6.10 Å². The molecule has 6 nitrogen and oxygen atoms in total. The number of ether oxygens (including phenoxy) is 1. The maximum atomic E-state index is 12.4. The highest BCUT2D eigenvalue weighted by molar-refractivity contribution is 9.11. The van der Waals surface area contributed by atoms with Gasteiger partial charge in [0.25, 0.3) is 5.91 Å². The summed E-state index contributed by atoms with van der Waals surface area (Å²) in [5.74, 6) is 1.04. The van der Waals surface area contributed by atoms with Crippen LogP contribution in [0.15, 0.2) is 20.9 Å². The topological polar surface area (TPSA) is 57.2 Å². The number of aliphatic imine (C=N–C) groups is 1. The number of rotatable bonds is 3. The Labute approximate surface area is 155 Å². The number of amides is 1. The minimum atomic E-state index is -0.216. The second-order valence-electron chi connectivity index (χ2n) is 5.92. The van der Waals surface area contributed by atoms with Crippen molar-refractivity contribution in [2.24, 2.45) is 4.99 Å². The molecule has 1 atom stereocenters. The molecule has 8 heteroatoms. The predicted molar refractivity (Wildman–Crippen MR) is 99.3 cm³/mol. The molecule has 2 aliphatic heterocycles. The van der Waals surface area contributed by atoms with E-state index < -0.39 is 0 Å². The SMILES string of the molecule is CN=C(NCc1ccc(Br)s1)N1CCN(C(=O)C2CCCO2)CC1. The highest BCUT2D eigenvalue weighted by atomic mass is 79.9. The summed E-state index contributed by atoms with van der Waals surface area (Å²) >= 11 is 5.20. The Bertz CT molecular complexity index is 593. The van der Waals surface area contributed by atoms with Crippen LogP contribution in [0.1, 0.15) is 17.7 Å². The summed E-state index contributed by atoms with van der Waals surface area (Å²) in [5, 5.41) is 3.41. The number of carbonyl (C=O) groups is 1. The van der Waals surface area contributed by atoms with Crippen molar-refractivity contribution in [1.29, 1.82) is 0 Å². The van der Waals surface area contributed by atoms with Crippen LogP contribution in [0.5, 0.6) is 0 Å². The smallest absolute Gasteiger partial charge is 0.251 e. The van der Waals surface area contributed by atoms with Gasteiger partial charge in [0.15, 0.2) is 5.96 Å². The number of guanidine groups is 1. The number of thiophene rings is 1. The van der Waals surface area contributed by atoms with E-state index in [1.165, 1.54) is 4.88 Å². The first-order valence-corrected chi connectivity index (χ1v) is 9.88. The number of hydrogen-bond donors (Lipinski definition) is 1. The Morgan fingerprint density at radius 3 is 2.71 bits per heavy atom. The zero-order valence-corrected chi connectivity index (χ0v) is 16.2. The van der Waals surface area contributed by atoms with Crippen LogP contribution in [-0.4, -0.2) is 67.6 Å². The molecule has 2 saturated heterocycles. The molecule has 1 aromatic heterocycles. The van der Waals surface area contributed by atoms with E-state index in [1.807, 2.05) is 4.90 Å². The minimum absolute atomic E-state index is 0.151. The summed E-state index contributed by atoms with van der Waals surface area (Å²) in [6.45, 7) is 4.52. The number of nitrogens with zero attached hydrogens (tertiary/aromatic N) is 3. The van der Waals surface area contributed by atoms with Crippen LogP contribution in [0.4, 0.5) is 0 Å². The Balaban J connectivity index is 1.48. The summed E-state index contributed by atoms with van der Waals surface area (Å²) in [7, 11) is 1.80. The second kappa shape index (κ2) is 8.31. The molecule has 24 heavy (non-hydrogen) atoms.